The molecule has 0 unspecified atom stereocenters. The fourth-order valence-electron chi connectivity index (χ4n) is 4.95. The van der Waals surface area contributed by atoms with E-state index in [0.29, 0.717) is 36.2 Å². The minimum atomic E-state index is -3.77. The molecule has 0 aromatic heterocycles. The van der Waals surface area contributed by atoms with Crippen LogP contribution in [0.1, 0.15) is 11.1 Å². The monoisotopic (exact) mass is 718 g/mol. The summed E-state index contributed by atoms with van der Waals surface area (Å²) in [5.41, 5.74) is 2.02. The summed E-state index contributed by atoms with van der Waals surface area (Å²) in [6, 6.07) is 44.0. The van der Waals surface area contributed by atoms with Crippen molar-refractivity contribution in [3.05, 3.63) is 181 Å². The summed E-state index contributed by atoms with van der Waals surface area (Å²) in [6.07, 6.45) is 0. The van der Waals surface area contributed by atoms with Gasteiger partial charge in [-0.05, 0) is 108 Å². The summed E-state index contributed by atoms with van der Waals surface area (Å²) in [7, 11) is -7.53. The molecule has 6 aromatic carbocycles. The van der Waals surface area contributed by atoms with Gasteiger partial charge in [-0.25, -0.2) is 16.8 Å². The molecule has 0 saturated carbocycles. The van der Waals surface area contributed by atoms with E-state index in [-0.39, 0.29) is 31.9 Å². The molecule has 0 bridgehead atoms. The summed E-state index contributed by atoms with van der Waals surface area (Å²) in [6.45, 7) is 4.62. The van der Waals surface area contributed by atoms with Crippen molar-refractivity contribution in [2.24, 2.45) is 0 Å². The Bertz CT molecular complexity index is 2270. The van der Waals surface area contributed by atoms with E-state index in [9.17, 15) is 16.8 Å². The molecule has 0 aliphatic carbocycles. The van der Waals surface area contributed by atoms with Gasteiger partial charge in [0.05, 0.1) is 19.6 Å². The summed E-state index contributed by atoms with van der Waals surface area (Å²) in [5, 5.41) is 0. The Morgan fingerprint density at radius 3 is 1.08 bits per heavy atom. The Hall–Kier alpha value is -5.84. The van der Waals surface area contributed by atoms with Crippen molar-refractivity contribution in [1.82, 2.24) is 0 Å². The Balaban J connectivity index is 0.983. The number of rotatable bonds is 15. The molecule has 0 radical (unpaired) electrons. The van der Waals surface area contributed by atoms with Crippen molar-refractivity contribution < 1.29 is 35.8 Å². The number of benzene rings is 6. The molecule has 0 saturated heterocycles. The smallest absolute Gasteiger partial charge is 0.206 e. The van der Waals surface area contributed by atoms with Crippen LogP contribution in [0.3, 0.4) is 0 Å². The molecular weight excluding hydrogens is 685 g/mol. The maximum Gasteiger partial charge on any atom is 0.206 e. The predicted molar refractivity (Wildman–Crippen MR) is 193 cm³/mol. The van der Waals surface area contributed by atoms with Crippen LogP contribution in [0.4, 0.5) is 0 Å². The van der Waals surface area contributed by atoms with E-state index in [1.807, 2.05) is 60.7 Å². The number of ether oxygens (including phenoxy) is 4. The van der Waals surface area contributed by atoms with Crippen LogP contribution in [0.15, 0.2) is 190 Å². The molecule has 0 fully saturated rings. The van der Waals surface area contributed by atoms with E-state index >= 15 is 0 Å². The van der Waals surface area contributed by atoms with E-state index in [2.05, 4.69) is 6.58 Å². The standard InChI is InChI=1S/C41H34O8S2/c1-31(49-37-18-26-41(27-19-37)51(44,45)40-24-16-36(17-25-40)48-30-33-10-6-3-7-11-33)28-46-34-12-20-38(21-13-34)50(42,43)39-22-14-35(15-23-39)47-29-32-8-4-2-5-9-32/h2-27H,1,28-30H2. The lowest BCUT2D eigenvalue weighted by Gasteiger charge is -2.12. The molecule has 6 rings (SSSR count). The lowest BCUT2D eigenvalue weighted by molar-refractivity contribution is 0.281. The van der Waals surface area contributed by atoms with Crippen molar-refractivity contribution in [3.8, 4) is 23.0 Å². The molecule has 258 valence electrons. The second kappa shape index (κ2) is 15.8. The predicted octanol–water partition coefficient (Wildman–Crippen LogP) is 8.48. The first-order valence-electron chi connectivity index (χ1n) is 15.9. The number of hydrogen-bond donors (Lipinski definition) is 0. The molecule has 0 amide bonds. The molecule has 8 nitrogen and oxygen atoms in total. The summed E-state index contributed by atoms with van der Waals surface area (Å²) < 4.78 is 75.8. The van der Waals surface area contributed by atoms with Crippen molar-refractivity contribution in [3.63, 3.8) is 0 Å². The molecule has 10 heteroatoms. The molecular formula is C41H34O8S2. The lowest BCUT2D eigenvalue weighted by Crippen LogP contribution is -2.07. The van der Waals surface area contributed by atoms with Crippen molar-refractivity contribution in [2.75, 3.05) is 6.61 Å². The normalized spacial score (nSPS) is 11.4. The van der Waals surface area contributed by atoms with E-state index in [1.54, 1.807) is 36.4 Å². The van der Waals surface area contributed by atoms with Gasteiger partial charge in [-0.15, -0.1) is 0 Å². The van der Waals surface area contributed by atoms with Crippen LogP contribution in [0.5, 0.6) is 23.0 Å². The first-order valence-corrected chi connectivity index (χ1v) is 18.9. The Kier molecular flexibility index (Phi) is 10.8. The Morgan fingerprint density at radius 1 is 0.412 bits per heavy atom. The van der Waals surface area contributed by atoms with E-state index < -0.39 is 19.7 Å². The first-order chi connectivity index (χ1) is 24.7. The number of hydrogen-bond acceptors (Lipinski definition) is 8. The van der Waals surface area contributed by atoms with Gasteiger partial charge in [-0.2, -0.15) is 0 Å². The van der Waals surface area contributed by atoms with Gasteiger partial charge in [-0.3, -0.25) is 0 Å². The van der Waals surface area contributed by atoms with E-state index in [0.717, 1.165) is 11.1 Å². The molecule has 0 spiro atoms. The van der Waals surface area contributed by atoms with Crippen LogP contribution in [0.2, 0.25) is 0 Å². The molecule has 0 aliphatic rings. The third-order valence-corrected chi connectivity index (χ3v) is 11.3. The summed E-state index contributed by atoms with van der Waals surface area (Å²) >= 11 is 0. The molecule has 0 atom stereocenters. The minimum absolute atomic E-state index is 0.0186. The fourth-order valence-corrected chi connectivity index (χ4v) is 7.47. The molecule has 0 N–H and O–H groups in total. The zero-order valence-electron chi connectivity index (χ0n) is 27.4. The summed E-state index contributed by atoms with van der Waals surface area (Å²) in [5.74, 6) is 2.20. The molecule has 51 heavy (non-hydrogen) atoms. The SMILES string of the molecule is C=C(COc1ccc(S(=O)(=O)c2ccc(OCc3ccccc3)cc2)cc1)Oc1ccc(S(=O)(=O)c2ccc(OCc3ccccc3)cc2)cc1. The van der Waals surface area contributed by atoms with Crippen LogP contribution in [-0.4, -0.2) is 23.4 Å². The van der Waals surface area contributed by atoms with Crippen LogP contribution in [0.25, 0.3) is 0 Å². The number of sulfone groups is 2. The van der Waals surface area contributed by atoms with Gasteiger partial charge in [0.25, 0.3) is 0 Å². The van der Waals surface area contributed by atoms with Crippen molar-refractivity contribution in [1.29, 1.82) is 0 Å². The van der Waals surface area contributed by atoms with Crippen LogP contribution < -0.4 is 18.9 Å². The minimum Gasteiger partial charge on any atom is -0.489 e. The highest BCUT2D eigenvalue weighted by atomic mass is 32.2. The van der Waals surface area contributed by atoms with Gasteiger partial charge in [0.2, 0.25) is 19.7 Å². The third kappa shape index (κ3) is 9.04. The maximum absolute atomic E-state index is 13.2. The lowest BCUT2D eigenvalue weighted by atomic mass is 10.2. The average Bonchev–Trinajstić information content (AvgIpc) is 3.17. The fraction of sp³-hybridized carbons (Fsp3) is 0.0732. The second-order valence-corrected chi connectivity index (χ2v) is 15.3. The largest absolute Gasteiger partial charge is 0.489 e. The molecule has 0 heterocycles. The topological polar surface area (TPSA) is 105 Å². The van der Waals surface area contributed by atoms with Gasteiger partial charge in [0, 0.05) is 0 Å². The van der Waals surface area contributed by atoms with Crippen molar-refractivity contribution >= 4 is 19.7 Å². The van der Waals surface area contributed by atoms with Gasteiger partial charge >= 0.3 is 0 Å². The van der Waals surface area contributed by atoms with Crippen LogP contribution in [-0.2, 0) is 32.9 Å². The van der Waals surface area contributed by atoms with Gasteiger partial charge in [0.1, 0.15) is 48.6 Å². The van der Waals surface area contributed by atoms with Crippen LogP contribution >= 0.6 is 0 Å². The van der Waals surface area contributed by atoms with Crippen LogP contribution in [0, 0.1) is 0 Å². The zero-order valence-corrected chi connectivity index (χ0v) is 29.1. The van der Waals surface area contributed by atoms with Gasteiger partial charge in [-0.1, -0.05) is 67.2 Å². The quantitative estimate of drug-likeness (QED) is 0.0975. The third-order valence-electron chi connectivity index (χ3n) is 7.69. The Morgan fingerprint density at radius 2 is 0.725 bits per heavy atom. The maximum atomic E-state index is 13.2. The molecule has 0 aliphatic heterocycles. The molecule has 6 aromatic rings. The van der Waals surface area contributed by atoms with E-state index in [1.165, 1.54) is 60.7 Å². The highest BCUT2D eigenvalue weighted by molar-refractivity contribution is 7.91. The van der Waals surface area contributed by atoms with Crippen molar-refractivity contribution in [2.45, 2.75) is 32.8 Å². The average molecular weight is 719 g/mol. The highest BCUT2D eigenvalue weighted by Gasteiger charge is 2.19. The van der Waals surface area contributed by atoms with E-state index in [4.69, 9.17) is 18.9 Å². The Labute approximate surface area is 298 Å². The second-order valence-electron chi connectivity index (χ2n) is 11.4. The van der Waals surface area contributed by atoms with Gasteiger partial charge < -0.3 is 18.9 Å². The summed E-state index contributed by atoms with van der Waals surface area (Å²) in [4.78, 5) is 0.509. The van der Waals surface area contributed by atoms with Gasteiger partial charge in [0.15, 0.2) is 0 Å². The zero-order chi connectivity index (χ0) is 35.7. The highest BCUT2D eigenvalue weighted by Crippen LogP contribution is 2.27. The first kappa shape index (κ1) is 35.0.